The molecular weight excluding hydrogens is 719 g/mol. The van der Waals surface area contributed by atoms with Gasteiger partial charge < -0.3 is 20.3 Å². The zero-order valence-corrected chi connectivity index (χ0v) is 37.9. The molecule has 3 N–H and O–H groups in total. The second kappa shape index (κ2) is 45.4. The van der Waals surface area contributed by atoms with Crippen molar-refractivity contribution in [3.8, 4) is 0 Å². The Morgan fingerprint density at radius 2 is 0.966 bits per heavy atom. The van der Waals surface area contributed by atoms with Crippen LogP contribution in [0.1, 0.15) is 220 Å². The number of rotatable bonds is 42. The number of carbonyl (C=O) groups is 2. The highest BCUT2D eigenvalue weighted by molar-refractivity contribution is 5.77. The van der Waals surface area contributed by atoms with Gasteiger partial charge in [-0.25, -0.2) is 0 Å². The number of carbonyl (C=O) groups excluding carboxylic acids is 2. The van der Waals surface area contributed by atoms with E-state index in [0.717, 1.165) is 64.2 Å². The van der Waals surface area contributed by atoms with E-state index >= 15 is 0 Å². The monoisotopic (exact) mass is 810 g/mol. The maximum absolute atomic E-state index is 13.1. The van der Waals surface area contributed by atoms with Gasteiger partial charge in [-0.1, -0.05) is 222 Å². The molecule has 0 heterocycles. The highest BCUT2D eigenvalue weighted by Gasteiger charge is 2.24. The number of allylic oxidation sites excluding steroid dienone is 12. The molecule has 6 nitrogen and oxygen atoms in total. The summed E-state index contributed by atoms with van der Waals surface area (Å²) in [5.74, 6) is -0.584. The Labute approximate surface area is 358 Å². The third-order valence-electron chi connectivity index (χ3n) is 10.6. The Morgan fingerprint density at radius 3 is 1.50 bits per heavy atom. The van der Waals surface area contributed by atoms with Crippen LogP contribution in [0.2, 0.25) is 0 Å². The minimum Gasteiger partial charge on any atom is -0.462 e. The van der Waals surface area contributed by atoms with Gasteiger partial charge in [-0.15, -0.1) is 0 Å². The molecule has 0 spiro atoms. The van der Waals surface area contributed by atoms with Gasteiger partial charge in [0.05, 0.1) is 25.2 Å². The Balaban J connectivity index is 4.54. The second-order valence-corrected chi connectivity index (χ2v) is 16.2. The van der Waals surface area contributed by atoms with Crippen LogP contribution in [0.3, 0.4) is 0 Å². The fourth-order valence-corrected chi connectivity index (χ4v) is 6.97. The summed E-state index contributed by atoms with van der Waals surface area (Å²) < 4.78 is 5.85. The maximum Gasteiger partial charge on any atom is 0.306 e. The third-order valence-corrected chi connectivity index (χ3v) is 10.6. The van der Waals surface area contributed by atoms with E-state index in [4.69, 9.17) is 4.74 Å². The lowest BCUT2D eigenvalue weighted by Gasteiger charge is -2.24. The molecule has 0 aliphatic rings. The fraction of sp³-hybridized carbons (Fsp3) is 0.731. The van der Waals surface area contributed by atoms with Gasteiger partial charge in [0.1, 0.15) is 6.10 Å². The standard InChI is InChI=1S/C52H91NO5/c1-4-7-10-13-16-19-21-23-24-25-26-28-29-32-35-38-41-44-50(55)49(47-54)53-51(56)46-48(43-40-37-34-31-18-15-12-9-6-3)58-52(57)45-42-39-36-33-30-27-22-20-17-14-11-8-5-2/h8,11,14-15,17-18,20,22,27,30,33,36,48-50,54-55H,4-7,9-10,12-13,16,19,21,23-26,28-29,31-32,34-35,37-47H2,1-3H3,(H,53,56)/b11-8+,17-14+,18-15-,22-20-,30-27-,36-33+. The van der Waals surface area contributed by atoms with Crippen molar-refractivity contribution in [2.75, 3.05) is 6.61 Å². The molecule has 0 rings (SSSR count). The van der Waals surface area contributed by atoms with E-state index in [1.165, 1.54) is 103 Å². The first-order valence-electron chi connectivity index (χ1n) is 24.2. The lowest BCUT2D eigenvalue weighted by Crippen LogP contribution is -2.46. The molecule has 0 aromatic carbocycles. The first-order chi connectivity index (χ1) is 28.5. The molecule has 0 aliphatic heterocycles. The molecule has 0 aromatic heterocycles. The Kier molecular flexibility index (Phi) is 43.3. The topological polar surface area (TPSA) is 95.9 Å². The normalized spacial score (nSPS) is 13.9. The van der Waals surface area contributed by atoms with E-state index in [-0.39, 0.29) is 24.9 Å². The van der Waals surface area contributed by atoms with Crippen molar-refractivity contribution in [2.45, 2.75) is 238 Å². The van der Waals surface area contributed by atoms with E-state index in [1.54, 1.807) is 0 Å². The molecular formula is C52H91NO5. The van der Waals surface area contributed by atoms with E-state index < -0.39 is 18.2 Å². The van der Waals surface area contributed by atoms with Crippen molar-refractivity contribution in [1.29, 1.82) is 0 Å². The summed E-state index contributed by atoms with van der Waals surface area (Å²) in [6, 6.07) is -0.722. The van der Waals surface area contributed by atoms with Gasteiger partial charge in [0.2, 0.25) is 5.91 Å². The lowest BCUT2D eigenvalue weighted by atomic mass is 10.0. The van der Waals surface area contributed by atoms with Crippen LogP contribution in [0.15, 0.2) is 72.9 Å². The Morgan fingerprint density at radius 1 is 0.517 bits per heavy atom. The number of hydrogen-bond donors (Lipinski definition) is 3. The van der Waals surface area contributed by atoms with Gasteiger partial charge in [0, 0.05) is 6.42 Å². The van der Waals surface area contributed by atoms with Crippen molar-refractivity contribution in [3.63, 3.8) is 0 Å². The van der Waals surface area contributed by atoms with Crippen LogP contribution in [0.25, 0.3) is 0 Å². The lowest BCUT2D eigenvalue weighted by molar-refractivity contribution is -0.151. The van der Waals surface area contributed by atoms with Gasteiger partial charge in [0.25, 0.3) is 0 Å². The average molecular weight is 810 g/mol. The molecule has 6 heteroatoms. The van der Waals surface area contributed by atoms with Crippen LogP contribution < -0.4 is 5.32 Å². The second-order valence-electron chi connectivity index (χ2n) is 16.2. The summed E-state index contributed by atoms with van der Waals surface area (Å²) in [5.41, 5.74) is 0. The van der Waals surface area contributed by atoms with Gasteiger partial charge in [0.15, 0.2) is 0 Å². The molecule has 334 valence electrons. The van der Waals surface area contributed by atoms with Crippen LogP contribution in [-0.4, -0.2) is 46.9 Å². The molecule has 0 aliphatic carbocycles. The summed E-state index contributed by atoms with van der Waals surface area (Å²) in [4.78, 5) is 25.9. The summed E-state index contributed by atoms with van der Waals surface area (Å²) in [6.07, 6.45) is 56.9. The van der Waals surface area contributed by atoms with E-state index in [1.807, 2.05) is 54.7 Å². The van der Waals surface area contributed by atoms with Crippen molar-refractivity contribution >= 4 is 11.9 Å². The quantitative estimate of drug-likeness (QED) is 0.0247. The van der Waals surface area contributed by atoms with Crippen LogP contribution in [0.4, 0.5) is 0 Å². The summed E-state index contributed by atoms with van der Waals surface area (Å²) in [5, 5.41) is 23.7. The smallest absolute Gasteiger partial charge is 0.306 e. The first-order valence-corrected chi connectivity index (χ1v) is 24.2. The number of unbranched alkanes of at least 4 members (excludes halogenated alkanes) is 22. The number of aliphatic hydroxyl groups excluding tert-OH is 2. The zero-order valence-electron chi connectivity index (χ0n) is 37.9. The van der Waals surface area contributed by atoms with Crippen LogP contribution in [0, 0.1) is 0 Å². The molecule has 0 fully saturated rings. The predicted octanol–water partition coefficient (Wildman–Crippen LogP) is 14.2. The molecule has 58 heavy (non-hydrogen) atoms. The number of esters is 1. The number of ether oxygens (including phenoxy) is 1. The molecule has 1 amide bonds. The minimum atomic E-state index is -0.805. The number of amides is 1. The third kappa shape index (κ3) is 40.1. The van der Waals surface area contributed by atoms with E-state index in [0.29, 0.717) is 25.7 Å². The highest BCUT2D eigenvalue weighted by atomic mass is 16.5. The van der Waals surface area contributed by atoms with E-state index in [9.17, 15) is 19.8 Å². The maximum atomic E-state index is 13.1. The van der Waals surface area contributed by atoms with Crippen molar-refractivity contribution in [2.24, 2.45) is 0 Å². The van der Waals surface area contributed by atoms with Crippen LogP contribution >= 0.6 is 0 Å². The van der Waals surface area contributed by atoms with Crippen LogP contribution in [-0.2, 0) is 14.3 Å². The SMILES string of the molecule is CC/C=C/C=C/C=C\C=C/C=C/CCCC(=O)OC(CCCCC/C=C\CCCC)CC(=O)NC(CO)C(O)CCCCCCCCCCCCCCCCCCC. The Hall–Kier alpha value is -2.70. The summed E-state index contributed by atoms with van der Waals surface area (Å²) in [7, 11) is 0. The Bertz CT molecular complexity index is 1090. The highest BCUT2D eigenvalue weighted by Crippen LogP contribution is 2.17. The summed E-state index contributed by atoms with van der Waals surface area (Å²) >= 11 is 0. The molecule has 0 saturated heterocycles. The number of nitrogens with one attached hydrogen (secondary N) is 1. The molecule has 0 bridgehead atoms. The van der Waals surface area contributed by atoms with Crippen molar-refractivity contribution in [1.82, 2.24) is 5.32 Å². The zero-order chi connectivity index (χ0) is 42.4. The first kappa shape index (κ1) is 55.3. The van der Waals surface area contributed by atoms with Crippen LogP contribution in [0.5, 0.6) is 0 Å². The van der Waals surface area contributed by atoms with Crippen molar-refractivity contribution in [3.05, 3.63) is 72.9 Å². The fourth-order valence-electron chi connectivity index (χ4n) is 6.97. The van der Waals surface area contributed by atoms with E-state index in [2.05, 4.69) is 44.3 Å². The molecule has 3 atom stereocenters. The molecule has 0 aromatic rings. The number of aliphatic hydroxyl groups is 2. The van der Waals surface area contributed by atoms with Gasteiger partial charge in [-0.05, 0) is 57.8 Å². The molecule has 0 radical (unpaired) electrons. The van der Waals surface area contributed by atoms with Gasteiger partial charge in [-0.2, -0.15) is 0 Å². The molecule has 0 saturated carbocycles. The summed E-state index contributed by atoms with van der Waals surface area (Å²) in [6.45, 7) is 6.26. The van der Waals surface area contributed by atoms with Crippen molar-refractivity contribution < 1.29 is 24.5 Å². The minimum absolute atomic E-state index is 0.0350. The molecule has 3 unspecified atom stereocenters. The average Bonchev–Trinajstić information content (AvgIpc) is 3.22. The largest absolute Gasteiger partial charge is 0.462 e. The van der Waals surface area contributed by atoms with Gasteiger partial charge >= 0.3 is 5.97 Å². The predicted molar refractivity (Wildman–Crippen MR) is 250 cm³/mol. The van der Waals surface area contributed by atoms with Gasteiger partial charge in [-0.3, -0.25) is 9.59 Å². The number of hydrogen-bond acceptors (Lipinski definition) is 5.